The number of hydrogen-bond donors (Lipinski definition) is 1. The summed E-state index contributed by atoms with van der Waals surface area (Å²) < 4.78 is 13.6. The SMILES string of the molecule is CC(C)NCc1cc(F)ccc1N1CCN(C(C)C)CC1. The largest absolute Gasteiger partial charge is 0.369 e. The number of rotatable bonds is 5. The van der Waals surface area contributed by atoms with Gasteiger partial charge < -0.3 is 10.2 Å². The predicted molar refractivity (Wildman–Crippen MR) is 87.3 cm³/mol. The van der Waals surface area contributed by atoms with Gasteiger partial charge in [-0.05, 0) is 37.6 Å². The molecule has 0 unspecified atom stereocenters. The number of benzene rings is 1. The van der Waals surface area contributed by atoms with Crippen molar-refractivity contribution in [3.8, 4) is 0 Å². The summed E-state index contributed by atoms with van der Waals surface area (Å²) in [5, 5.41) is 3.39. The second kappa shape index (κ2) is 7.23. The predicted octanol–water partition coefficient (Wildman–Crippen LogP) is 2.85. The Morgan fingerprint density at radius 3 is 2.33 bits per heavy atom. The molecule has 0 spiro atoms. The maximum atomic E-state index is 13.6. The van der Waals surface area contributed by atoms with Crippen LogP contribution in [0.5, 0.6) is 0 Å². The highest BCUT2D eigenvalue weighted by atomic mass is 19.1. The minimum Gasteiger partial charge on any atom is -0.369 e. The molecule has 0 saturated carbocycles. The Morgan fingerprint density at radius 2 is 1.76 bits per heavy atom. The molecule has 0 amide bonds. The lowest BCUT2D eigenvalue weighted by Crippen LogP contribution is -2.49. The van der Waals surface area contributed by atoms with Crippen molar-refractivity contribution in [3.05, 3.63) is 29.6 Å². The molecule has 2 rings (SSSR count). The van der Waals surface area contributed by atoms with Crippen LogP contribution in [0.4, 0.5) is 10.1 Å². The lowest BCUT2D eigenvalue weighted by atomic mass is 10.1. The molecule has 1 N–H and O–H groups in total. The van der Waals surface area contributed by atoms with Crippen molar-refractivity contribution in [2.45, 2.75) is 46.3 Å². The van der Waals surface area contributed by atoms with Crippen molar-refractivity contribution < 1.29 is 4.39 Å². The second-order valence-corrected chi connectivity index (χ2v) is 6.43. The van der Waals surface area contributed by atoms with E-state index in [-0.39, 0.29) is 5.82 Å². The Labute approximate surface area is 128 Å². The van der Waals surface area contributed by atoms with Crippen LogP contribution in [0.15, 0.2) is 18.2 Å². The molecule has 21 heavy (non-hydrogen) atoms. The van der Waals surface area contributed by atoms with E-state index >= 15 is 0 Å². The van der Waals surface area contributed by atoms with Crippen LogP contribution in [-0.4, -0.2) is 43.2 Å². The first kappa shape index (κ1) is 16.2. The van der Waals surface area contributed by atoms with Gasteiger partial charge in [0.2, 0.25) is 0 Å². The van der Waals surface area contributed by atoms with E-state index in [1.165, 1.54) is 5.69 Å². The Kier molecular flexibility index (Phi) is 5.59. The fraction of sp³-hybridized carbons (Fsp3) is 0.647. The molecule has 1 saturated heterocycles. The molecule has 0 aromatic heterocycles. The number of anilines is 1. The summed E-state index contributed by atoms with van der Waals surface area (Å²) >= 11 is 0. The van der Waals surface area contributed by atoms with Gasteiger partial charge in [0.15, 0.2) is 0 Å². The minimum absolute atomic E-state index is 0.153. The number of nitrogens with zero attached hydrogens (tertiary/aromatic N) is 2. The molecule has 0 radical (unpaired) electrons. The van der Waals surface area contributed by atoms with Crippen LogP contribution >= 0.6 is 0 Å². The Hall–Kier alpha value is -1.13. The lowest BCUT2D eigenvalue weighted by Gasteiger charge is -2.39. The van der Waals surface area contributed by atoms with Crippen molar-refractivity contribution in [1.29, 1.82) is 0 Å². The van der Waals surface area contributed by atoms with Crippen LogP contribution in [0.3, 0.4) is 0 Å². The summed E-state index contributed by atoms with van der Waals surface area (Å²) in [6, 6.07) is 6.17. The number of piperazine rings is 1. The Morgan fingerprint density at radius 1 is 1.10 bits per heavy atom. The summed E-state index contributed by atoms with van der Waals surface area (Å²) in [7, 11) is 0. The average Bonchev–Trinajstić information content (AvgIpc) is 2.45. The van der Waals surface area contributed by atoms with Gasteiger partial charge in [0.25, 0.3) is 0 Å². The van der Waals surface area contributed by atoms with Crippen LogP contribution in [0.2, 0.25) is 0 Å². The van der Waals surface area contributed by atoms with E-state index in [0.29, 0.717) is 12.1 Å². The molecule has 0 atom stereocenters. The molecule has 0 aliphatic carbocycles. The Bertz CT molecular complexity index is 451. The summed E-state index contributed by atoms with van der Waals surface area (Å²) in [6.07, 6.45) is 0. The maximum absolute atomic E-state index is 13.6. The van der Waals surface area contributed by atoms with E-state index in [4.69, 9.17) is 0 Å². The number of nitrogens with one attached hydrogen (secondary N) is 1. The van der Waals surface area contributed by atoms with Gasteiger partial charge in [0.1, 0.15) is 5.82 Å². The zero-order valence-electron chi connectivity index (χ0n) is 13.7. The highest BCUT2D eigenvalue weighted by Crippen LogP contribution is 2.23. The fourth-order valence-corrected chi connectivity index (χ4v) is 2.80. The van der Waals surface area contributed by atoms with Crippen LogP contribution in [0, 0.1) is 5.82 Å². The standard InChI is InChI=1S/C17H28FN3/c1-13(2)19-12-15-11-16(18)5-6-17(15)21-9-7-20(8-10-21)14(3)4/h5-6,11,13-14,19H,7-10,12H2,1-4H3. The van der Waals surface area contributed by atoms with E-state index in [0.717, 1.165) is 38.3 Å². The highest BCUT2D eigenvalue weighted by Gasteiger charge is 2.20. The molecule has 1 aromatic carbocycles. The third-order valence-electron chi connectivity index (χ3n) is 4.13. The van der Waals surface area contributed by atoms with E-state index in [1.54, 1.807) is 12.1 Å². The first-order valence-electron chi connectivity index (χ1n) is 7.98. The van der Waals surface area contributed by atoms with E-state index < -0.39 is 0 Å². The third-order valence-corrected chi connectivity index (χ3v) is 4.13. The summed E-state index contributed by atoms with van der Waals surface area (Å²) in [5.41, 5.74) is 2.23. The van der Waals surface area contributed by atoms with Gasteiger partial charge in [-0.25, -0.2) is 4.39 Å². The average molecular weight is 293 g/mol. The maximum Gasteiger partial charge on any atom is 0.123 e. The normalized spacial score (nSPS) is 17.0. The third kappa shape index (κ3) is 4.42. The van der Waals surface area contributed by atoms with Crippen LogP contribution in [0.1, 0.15) is 33.3 Å². The fourth-order valence-electron chi connectivity index (χ4n) is 2.80. The molecule has 1 fully saturated rings. The smallest absolute Gasteiger partial charge is 0.123 e. The van der Waals surface area contributed by atoms with Gasteiger partial charge in [-0.3, -0.25) is 4.90 Å². The summed E-state index contributed by atoms with van der Waals surface area (Å²) in [4.78, 5) is 4.88. The van der Waals surface area contributed by atoms with Gasteiger partial charge in [0.05, 0.1) is 0 Å². The first-order chi connectivity index (χ1) is 9.97. The van der Waals surface area contributed by atoms with E-state index in [1.807, 2.05) is 6.07 Å². The van der Waals surface area contributed by atoms with Crippen LogP contribution in [-0.2, 0) is 6.54 Å². The molecular weight excluding hydrogens is 265 g/mol. The van der Waals surface area contributed by atoms with Gasteiger partial charge in [-0.2, -0.15) is 0 Å². The highest BCUT2D eigenvalue weighted by molar-refractivity contribution is 5.54. The van der Waals surface area contributed by atoms with E-state index in [9.17, 15) is 4.39 Å². The second-order valence-electron chi connectivity index (χ2n) is 6.43. The van der Waals surface area contributed by atoms with Crippen molar-refractivity contribution in [2.24, 2.45) is 0 Å². The molecule has 0 bridgehead atoms. The van der Waals surface area contributed by atoms with Crippen molar-refractivity contribution >= 4 is 5.69 Å². The van der Waals surface area contributed by atoms with Gasteiger partial charge in [-0.1, -0.05) is 13.8 Å². The zero-order chi connectivity index (χ0) is 15.4. The minimum atomic E-state index is -0.153. The quantitative estimate of drug-likeness (QED) is 0.900. The van der Waals surface area contributed by atoms with Crippen molar-refractivity contribution in [3.63, 3.8) is 0 Å². The molecule has 4 heteroatoms. The van der Waals surface area contributed by atoms with Crippen molar-refractivity contribution in [2.75, 3.05) is 31.1 Å². The summed E-state index contributed by atoms with van der Waals surface area (Å²) in [5.74, 6) is -0.153. The molecule has 3 nitrogen and oxygen atoms in total. The summed E-state index contributed by atoms with van der Waals surface area (Å²) in [6.45, 7) is 13.6. The molecule has 118 valence electrons. The van der Waals surface area contributed by atoms with Gasteiger partial charge in [0, 0.05) is 50.5 Å². The Balaban J connectivity index is 2.08. The molecular formula is C17H28FN3. The topological polar surface area (TPSA) is 18.5 Å². The van der Waals surface area contributed by atoms with Gasteiger partial charge in [-0.15, -0.1) is 0 Å². The number of halogens is 1. The molecule has 1 heterocycles. The first-order valence-corrected chi connectivity index (χ1v) is 7.98. The van der Waals surface area contributed by atoms with Crippen LogP contribution < -0.4 is 10.2 Å². The lowest BCUT2D eigenvalue weighted by molar-refractivity contribution is 0.209. The van der Waals surface area contributed by atoms with E-state index in [2.05, 4.69) is 42.8 Å². The monoisotopic (exact) mass is 293 g/mol. The van der Waals surface area contributed by atoms with Gasteiger partial charge >= 0.3 is 0 Å². The van der Waals surface area contributed by atoms with Crippen molar-refractivity contribution in [1.82, 2.24) is 10.2 Å². The molecule has 1 aromatic rings. The zero-order valence-corrected chi connectivity index (χ0v) is 13.7. The molecule has 1 aliphatic heterocycles. The van der Waals surface area contributed by atoms with Crippen LogP contribution in [0.25, 0.3) is 0 Å². The number of hydrogen-bond acceptors (Lipinski definition) is 3. The molecule has 1 aliphatic rings.